The molecule has 3 heteroatoms. The van der Waals surface area contributed by atoms with Crippen LogP contribution in [0.4, 0.5) is 17.1 Å². The van der Waals surface area contributed by atoms with Gasteiger partial charge in [0.1, 0.15) is 11.2 Å². The minimum atomic E-state index is 0.883. The van der Waals surface area contributed by atoms with Crippen LogP contribution in [0.3, 0.4) is 0 Å². The molecule has 0 saturated carbocycles. The molecule has 0 unspecified atom stereocenters. The summed E-state index contributed by atoms with van der Waals surface area (Å²) in [5.74, 6) is 0. The van der Waals surface area contributed by atoms with E-state index in [1.807, 2.05) is 12.1 Å². The number of nitrogens with zero attached hydrogens (tertiary/aromatic N) is 2. The molecular formula is C49H34N2O. The summed E-state index contributed by atoms with van der Waals surface area (Å²) in [7, 11) is 0. The standard InChI is InChI=1S/C49H34N2O/c1-33-23-26-36(27-24-33)50(37-28-30-49-43(32-37)42-18-8-12-22-48(42)52-49)44-19-9-5-15-38(44)39-16-6-10-20-45(39)51-46-21-11-7-17-40(46)41-29-25-35(31-47(41)51)34-13-3-2-4-14-34/h2-32H,1H3. The van der Waals surface area contributed by atoms with E-state index in [2.05, 4.69) is 192 Å². The van der Waals surface area contributed by atoms with Gasteiger partial charge in [0.05, 0.1) is 22.4 Å². The average Bonchev–Trinajstić information content (AvgIpc) is 3.74. The zero-order valence-electron chi connectivity index (χ0n) is 28.7. The van der Waals surface area contributed by atoms with Gasteiger partial charge in [-0.2, -0.15) is 0 Å². The van der Waals surface area contributed by atoms with Gasteiger partial charge in [-0.1, -0.05) is 133 Å². The highest BCUT2D eigenvalue weighted by Gasteiger charge is 2.22. The summed E-state index contributed by atoms with van der Waals surface area (Å²) in [5, 5.41) is 4.69. The molecule has 3 nitrogen and oxygen atoms in total. The number of anilines is 3. The van der Waals surface area contributed by atoms with Crippen molar-refractivity contribution in [3.8, 4) is 27.9 Å². The largest absolute Gasteiger partial charge is 0.456 e. The lowest BCUT2D eigenvalue weighted by molar-refractivity contribution is 0.669. The number of hydrogen-bond acceptors (Lipinski definition) is 2. The quantitative estimate of drug-likeness (QED) is 0.176. The van der Waals surface area contributed by atoms with Gasteiger partial charge >= 0.3 is 0 Å². The summed E-state index contributed by atoms with van der Waals surface area (Å²) in [4.78, 5) is 2.38. The molecule has 2 heterocycles. The van der Waals surface area contributed by atoms with E-state index in [-0.39, 0.29) is 0 Å². The molecule has 10 rings (SSSR count). The molecule has 0 bridgehead atoms. The summed E-state index contributed by atoms with van der Waals surface area (Å²) in [6.45, 7) is 2.14. The zero-order valence-corrected chi connectivity index (χ0v) is 28.7. The second kappa shape index (κ2) is 12.2. The molecule has 0 amide bonds. The fourth-order valence-corrected chi connectivity index (χ4v) is 7.81. The highest BCUT2D eigenvalue weighted by atomic mass is 16.3. The third kappa shape index (κ3) is 4.90. The topological polar surface area (TPSA) is 21.3 Å². The van der Waals surface area contributed by atoms with Crippen LogP contribution in [0.5, 0.6) is 0 Å². The van der Waals surface area contributed by atoms with Crippen LogP contribution in [0.2, 0.25) is 0 Å². The Morgan fingerprint density at radius 1 is 0.423 bits per heavy atom. The number of aromatic nitrogens is 1. The van der Waals surface area contributed by atoms with Gasteiger partial charge in [-0.3, -0.25) is 0 Å². The van der Waals surface area contributed by atoms with Crippen LogP contribution >= 0.6 is 0 Å². The van der Waals surface area contributed by atoms with Crippen molar-refractivity contribution in [1.29, 1.82) is 0 Å². The lowest BCUT2D eigenvalue weighted by atomic mass is 9.99. The van der Waals surface area contributed by atoms with Crippen LogP contribution in [-0.2, 0) is 0 Å². The van der Waals surface area contributed by atoms with Crippen LogP contribution < -0.4 is 4.90 Å². The minimum Gasteiger partial charge on any atom is -0.456 e. The van der Waals surface area contributed by atoms with E-state index in [1.165, 1.54) is 38.5 Å². The van der Waals surface area contributed by atoms with Crippen LogP contribution in [-0.4, -0.2) is 4.57 Å². The Hall–Kier alpha value is -6.84. The molecule has 0 aliphatic heterocycles. The van der Waals surface area contributed by atoms with Crippen molar-refractivity contribution in [3.63, 3.8) is 0 Å². The Kier molecular flexibility index (Phi) is 7.04. The van der Waals surface area contributed by atoms with Crippen molar-refractivity contribution >= 4 is 60.8 Å². The molecule has 0 saturated heterocycles. The first kappa shape index (κ1) is 30.0. The third-order valence-electron chi connectivity index (χ3n) is 10.3. The number of benzene rings is 8. The SMILES string of the molecule is Cc1ccc(N(c2ccc3oc4ccccc4c3c2)c2ccccc2-c2ccccc2-n2c3ccccc3c3ccc(-c4ccccc4)cc32)cc1. The maximum absolute atomic E-state index is 6.25. The Labute approximate surface area is 302 Å². The summed E-state index contributed by atoms with van der Waals surface area (Å²) in [6.07, 6.45) is 0. The van der Waals surface area contributed by atoms with E-state index in [0.717, 1.165) is 55.8 Å². The maximum atomic E-state index is 6.25. The van der Waals surface area contributed by atoms with Gasteiger partial charge < -0.3 is 13.9 Å². The van der Waals surface area contributed by atoms with E-state index in [0.29, 0.717) is 0 Å². The molecule has 52 heavy (non-hydrogen) atoms. The van der Waals surface area contributed by atoms with E-state index in [9.17, 15) is 0 Å². The van der Waals surface area contributed by atoms with E-state index >= 15 is 0 Å². The minimum absolute atomic E-state index is 0.883. The van der Waals surface area contributed by atoms with E-state index in [4.69, 9.17) is 4.42 Å². The predicted molar refractivity (Wildman–Crippen MR) is 218 cm³/mol. The monoisotopic (exact) mass is 666 g/mol. The average molecular weight is 667 g/mol. The van der Waals surface area contributed by atoms with Crippen LogP contribution in [0.1, 0.15) is 5.56 Å². The molecule has 2 aromatic heterocycles. The molecular weight excluding hydrogens is 633 g/mol. The fraction of sp³-hybridized carbons (Fsp3) is 0.0204. The molecule has 0 N–H and O–H groups in total. The molecule has 10 aromatic rings. The molecule has 0 aliphatic carbocycles. The van der Waals surface area contributed by atoms with Gasteiger partial charge in [-0.05, 0) is 78.7 Å². The first-order chi connectivity index (χ1) is 25.7. The first-order valence-electron chi connectivity index (χ1n) is 17.8. The smallest absolute Gasteiger partial charge is 0.135 e. The Morgan fingerprint density at radius 2 is 1.08 bits per heavy atom. The molecule has 246 valence electrons. The molecule has 0 radical (unpaired) electrons. The first-order valence-corrected chi connectivity index (χ1v) is 17.8. The lowest BCUT2D eigenvalue weighted by Gasteiger charge is -2.28. The summed E-state index contributed by atoms with van der Waals surface area (Å²) >= 11 is 0. The van der Waals surface area contributed by atoms with Gasteiger partial charge in [0.2, 0.25) is 0 Å². The van der Waals surface area contributed by atoms with Gasteiger partial charge in [-0.25, -0.2) is 0 Å². The number of hydrogen-bond donors (Lipinski definition) is 0. The molecule has 0 spiro atoms. The van der Waals surface area contributed by atoms with Gasteiger partial charge in [0.25, 0.3) is 0 Å². The molecule has 0 aliphatic rings. The molecule has 8 aromatic carbocycles. The predicted octanol–water partition coefficient (Wildman–Crippen LogP) is 13.8. The van der Waals surface area contributed by atoms with Crippen molar-refractivity contribution in [2.75, 3.05) is 4.90 Å². The number of rotatable bonds is 6. The number of fused-ring (bicyclic) bond motifs is 6. The lowest BCUT2D eigenvalue weighted by Crippen LogP contribution is -2.11. The molecule has 0 atom stereocenters. The van der Waals surface area contributed by atoms with E-state index in [1.54, 1.807) is 0 Å². The zero-order chi connectivity index (χ0) is 34.6. The van der Waals surface area contributed by atoms with Crippen LogP contribution in [0.15, 0.2) is 192 Å². The highest BCUT2D eigenvalue weighted by Crippen LogP contribution is 2.45. The Bertz CT molecular complexity index is 2910. The van der Waals surface area contributed by atoms with E-state index < -0.39 is 0 Å². The number of aryl methyl sites for hydroxylation is 1. The highest BCUT2D eigenvalue weighted by molar-refractivity contribution is 6.11. The van der Waals surface area contributed by atoms with Crippen molar-refractivity contribution in [2.24, 2.45) is 0 Å². The summed E-state index contributed by atoms with van der Waals surface area (Å²) in [5.41, 5.74) is 14.4. The van der Waals surface area contributed by atoms with Crippen molar-refractivity contribution < 1.29 is 4.42 Å². The van der Waals surface area contributed by atoms with Gasteiger partial charge in [0.15, 0.2) is 0 Å². The Morgan fingerprint density at radius 3 is 1.94 bits per heavy atom. The third-order valence-corrected chi connectivity index (χ3v) is 10.3. The fourth-order valence-electron chi connectivity index (χ4n) is 7.81. The molecule has 0 fully saturated rings. The summed E-state index contributed by atoms with van der Waals surface area (Å²) in [6, 6.07) is 67.5. The van der Waals surface area contributed by atoms with Gasteiger partial charge in [-0.15, -0.1) is 0 Å². The Balaban J connectivity index is 1.22. The van der Waals surface area contributed by atoms with Crippen molar-refractivity contribution in [3.05, 3.63) is 194 Å². The normalized spacial score (nSPS) is 11.6. The summed E-state index contributed by atoms with van der Waals surface area (Å²) < 4.78 is 8.70. The second-order valence-corrected chi connectivity index (χ2v) is 13.4. The van der Waals surface area contributed by atoms with Gasteiger partial charge in [0, 0.05) is 44.0 Å². The number of furan rings is 1. The maximum Gasteiger partial charge on any atom is 0.135 e. The van der Waals surface area contributed by atoms with Crippen molar-refractivity contribution in [2.45, 2.75) is 6.92 Å². The van der Waals surface area contributed by atoms with Crippen molar-refractivity contribution in [1.82, 2.24) is 4.57 Å². The number of para-hydroxylation sites is 4. The second-order valence-electron chi connectivity index (χ2n) is 13.4. The van der Waals surface area contributed by atoms with Crippen LogP contribution in [0.25, 0.3) is 71.7 Å². The van der Waals surface area contributed by atoms with Crippen LogP contribution in [0, 0.1) is 6.92 Å².